The van der Waals surface area contributed by atoms with E-state index in [1.807, 2.05) is 0 Å². The van der Waals surface area contributed by atoms with Crippen LogP contribution in [-0.2, 0) is 4.79 Å². The number of benzene rings is 1. The van der Waals surface area contributed by atoms with Crippen molar-refractivity contribution < 1.29 is 79.4 Å². The third kappa shape index (κ3) is 4.38. The quantitative estimate of drug-likeness (QED) is 0.299. The van der Waals surface area contributed by atoms with Crippen molar-refractivity contribution >= 4 is 34.8 Å². The standard InChI is InChI=1S/C15H4Cl2F17NO/c16-5-2-1-4(3-6(5)17)35-7(36)8(18,19)9(20,21)10(22,23)11(24,25)12(26,27)13(28,29)14(30,31)15(32,33)34/h1-3H,(H,35,36). The number of halogens is 19. The molecule has 0 aromatic heterocycles. The van der Waals surface area contributed by atoms with E-state index in [1.54, 1.807) is 0 Å². The van der Waals surface area contributed by atoms with Crippen LogP contribution < -0.4 is 5.32 Å². The van der Waals surface area contributed by atoms with Gasteiger partial charge in [0.05, 0.1) is 10.0 Å². The number of hydrogen-bond acceptors (Lipinski definition) is 1. The molecular weight excluding hydrogens is 604 g/mol. The van der Waals surface area contributed by atoms with Crippen molar-refractivity contribution in [2.24, 2.45) is 0 Å². The predicted octanol–water partition coefficient (Wildman–Crippen LogP) is 7.94. The molecule has 0 atom stereocenters. The summed E-state index contributed by atoms with van der Waals surface area (Å²) < 4.78 is 224. The molecule has 1 amide bonds. The Morgan fingerprint density at radius 3 is 1.28 bits per heavy atom. The van der Waals surface area contributed by atoms with E-state index < -0.39 is 64.3 Å². The van der Waals surface area contributed by atoms with Gasteiger partial charge in [0, 0.05) is 5.69 Å². The van der Waals surface area contributed by atoms with Crippen molar-refractivity contribution in [3.63, 3.8) is 0 Å². The molecule has 36 heavy (non-hydrogen) atoms. The van der Waals surface area contributed by atoms with E-state index in [4.69, 9.17) is 23.2 Å². The second-order valence-corrected chi connectivity index (χ2v) is 7.42. The minimum absolute atomic E-state index is 0.378. The van der Waals surface area contributed by atoms with Crippen LogP contribution in [0.2, 0.25) is 10.0 Å². The van der Waals surface area contributed by atoms with Gasteiger partial charge in [-0.25, -0.2) is 0 Å². The summed E-state index contributed by atoms with van der Waals surface area (Å²) in [5.74, 6) is -62.0. The Kier molecular flexibility index (Phi) is 7.88. The Morgan fingerprint density at radius 1 is 0.556 bits per heavy atom. The molecule has 21 heteroatoms. The normalized spacial score (nSPS) is 15.2. The van der Waals surface area contributed by atoms with Gasteiger partial charge in [0.15, 0.2) is 0 Å². The molecule has 2 nitrogen and oxygen atoms in total. The van der Waals surface area contributed by atoms with E-state index in [1.165, 1.54) is 0 Å². The lowest BCUT2D eigenvalue weighted by atomic mass is 9.89. The second kappa shape index (κ2) is 8.83. The first kappa shape index (κ1) is 32.1. The van der Waals surface area contributed by atoms with Crippen LogP contribution in [0.5, 0.6) is 0 Å². The molecule has 1 N–H and O–H groups in total. The highest BCUT2D eigenvalue weighted by Crippen LogP contribution is 2.64. The van der Waals surface area contributed by atoms with Gasteiger partial charge in [-0.3, -0.25) is 4.79 Å². The van der Waals surface area contributed by atoms with E-state index in [0.717, 1.165) is 0 Å². The fourth-order valence-corrected chi connectivity index (χ4v) is 2.39. The molecule has 0 unspecified atom stereocenters. The summed E-state index contributed by atoms with van der Waals surface area (Å²) in [5, 5.41) is -0.296. The molecule has 1 rings (SSSR count). The fraction of sp³-hybridized carbons (Fsp3) is 0.533. The summed E-state index contributed by atoms with van der Waals surface area (Å²) in [6, 6.07) is 1.53. The van der Waals surface area contributed by atoms with Gasteiger partial charge < -0.3 is 5.32 Å². The molecule has 208 valence electrons. The predicted molar refractivity (Wildman–Crippen MR) is 85.8 cm³/mol. The first-order chi connectivity index (χ1) is 15.6. The highest BCUT2D eigenvalue weighted by atomic mass is 35.5. The first-order valence-electron chi connectivity index (χ1n) is 8.03. The van der Waals surface area contributed by atoms with Crippen molar-refractivity contribution in [1.82, 2.24) is 0 Å². The molecule has 1 aromatic carbocycles. The summed E-state index contributed by atoms with van der Waals surface area (Å²) in [5.41, 5.74) is -1.08. The average Bonchev–Trinajstić information content (AvgIpc) is 2.68. The molecule has 0 saturated heterocycles. The van der Waals surface area contributed by atoms with Gasteiger partial charge in [-0.05, 0) is 18.2 Å². The minimum atomic E-state index is -8.78. The lowest BCUT2D eigenvalue weighted by molar-refractivity contribution is -0.459. The summed E-state index contributed by atoms with van der Waals surface area (Å²) >= 11 is 10.7. The maximum Gasteiger partial charge on any atom is 0.460 e. The van der Waals surface area contributed by atoms with Crippen molar-refractivity contribution in [3.8, 4) is 0 Å². The van der Waals surface area contributed by atoms with Gasteiger partial charge >= 0.3 is 53.5 Å². The van der Waals surface area contributed by atoms with Gasteiger partial charge in [-0.15, -0.1) is 0 Å². The molecular formula is C15H4Cl2F17NO. The number of alkyl halides is 17. The van der Waals surface area contributed by atoms with E-state index in [0.29, 0.717) is 23.5 Å². The Bertz CT molecular complexity index is 1000. The topological polar surface area (TPSA) is 29.1 Å². The van der Waals surface area contributed by atoms with Crippen LogP contribution in [0.3, 0.4) is 0 Å². The zero-order valence-electron chi connectivity index (χ0n) is 15.8. The second-order valence-electron chi connectivity index (χ2n) is 6.60. The molecule has 0 saturated carbocycles. The van der Waals surface area contributed by atoms with Crippen molar-refractivity contribution in [2.45, 2.75) is 47.6 Å². The van der Waals surface area contributed by atoms with Crippen molar-refractivity contribution in [1.29, 1.82) is 0 Å². The van der Waals surface area contributed by atoms with Gasteiger partial charge in [-0.1, -0.05) is 23.2 Å². The number of amides is 1. The zero-order valence-corrected chi connectivity index (χ0v) is 17.3. The van der Waals surface area contributed by atoms with E-state index in [2.05, 4.69) is 0 Å². The highest BCUT2D eigenvalue weighted by Gasteiger charge is 2.95. The molecule has 0 aliphatic heterocycles. The molecule has 0 radical (unpaired) electrons. The number of carbonyl (C=O) groups excluding carboxylic acids is 1. The molecule has 0 spiro atoms. The van der Waals surface area contributed by atoms with Gasteiger partial charge in [-0.2, -0.15) is 74.6 Å². The number of rotatable bonds is 8. The summed E-state index contributed by atoms with van der Waals surface area (Å²) in [6.07, 6.45) is -7.85. The van der Waals surface area contributed by atoms with Crippen molar-refractivity contribution in [2.75, 3.05) is 5.32 Å². The fourth-order valence-electron chi connectivity index (χ4n) is 2.09. The molecule has 0 aliphatic carbocycles. The van der Waals surface area contributed by atoms with E-state index in [-0.39, 0.29) is 5.02 Å². The van der Waals surface area contributed by atoms with Crippen LogP contribution in [0, 0.1) is 0 Å². The molecule has 0 aliphatic rings. The lowest BCUT2D eigenvalue weighted by Crippen LogP contribution is -2.75. The van der Waals surface area contributed by atoms with Crippen LogP contribution in [0.15, 0.2) is 18.2 Å². The molecule has 0 bridgehead atoms. The van der Waals surface area contributed by atoms with Crippen LogP contribution in [0.1, 0.15) is 0 Å². The number of carbonyl (C=O) groups is 1. The summed E-state index contributed by atoms with van der Waals surface area (Å²) in [6.45, 7) is 0. The number of hydrogen-bond donors (Lipinski definition) is 1. The van der Waals surface area contributed by atoms with Crippen LogP contribution in [-0.4, -0.2) is 53.5 Å². The Labute approximate surface area is 196 Å². The van der Waals surface area contributed by atoms with Gasteiger partial charge in [0.1, 0.15) is 0 Å². The highest BCUT2D eigenvalue weighted by molar-refractivity contribution is 6.42. The van der Waals surface area contributed by atoms with E-state index >= 15 is 0 Å². The summed E-state index contributed by atoms with van der Waals surface area (Å²) in [7, 11) is 0. The smallest absolute Gasteiger partial charge is 0.321 e. The zero-order chi connectivity index (χ0) is 29.1. The maximum atomic E-state index is 13.8. The van der Waals surface area contributed by atoms with Gasteiger partial charge in [0.2, 0.25) is 0 Å². The van der Waals surface area contributed by atoms with E-state index in [9.17, 15) is 79.4 Å². The van der Waals surface area contributed by atoms with Crippen LogP contribution in [0.4, 0.5) is 80.3 Å². The molecule has 1 aromatic rings. The largest absolute Gasteiger partial charge is 0.460 e. The minimum Gasteiger partial charge on any atom is -0.321 e. The Balaban J connectivity index is 3.58. The monoisotopic (exact) mass is 607 g/mol. The molecule has 0 fully saturated rings. The third-order valence-corrected chi connectivity index (χ3v) is 4.92. The molecule has 0 heterocycles. The van der Waals surface area contributed by atoms with Crippen LogP contribution in [0.25, 0.3) is 0 Å². The summed E-state index contributed by atoms with van der Waals surface area (Å²) in [4.78, 5) is 11.4. The first-order valence-corrected chi connectivity index (χ1v) is 8.79. The maximum absolute atomic E-state index is 13.8. The Morgan fingerprint density at radius 2 is 0.917 bits per heavy atom. The lowest BCUT2D eigenvalue weighted by Gasteiger charge is -2.42. The van der Waals surface area contributed by atoms with Gasteiger partial charge in [0.25, 0.3) is 0 Å². The number of nitrogens with one attached hydrogen (secondary N) is 1. The number of anilines is 1. The van der Waals surface area contributed by atoms with Crippen molar-refractivity contribution in [3.05, 3.63) is 28.2 Å². The Hall–Kier alpha value is -1.92. The SMILES string of the molecule is O=C(Nc1ccc(Cl)c(Cl)c1)C(F)(F)C(F)(F)C(F)(F)C(F)(F)C(F)(F)C(F)(F)C(F)(F)C(F)(F)F. The third-order valence-electron chi connectivity index (χ3n) is 4.18. The average molecular weight is 608 g/mol. The van der Waals surface area contributed by atoms with Crippen LogP contribution >= 0.6 is 23.2 Å².